The molecule has 3 aliphatic heterocycles. The van der Waals surface area contributed by atoms with Gasteiger partial charge >= 0.3 is 0 Å². The molecular weight excluding hydrogens is 525 g/mol. The van der Waals surface area contributed by atoms with E-state index in [1.54, 1.807) is 42.3 Å². The van der Waals surface area contributed by atoms with Gasteiger partial charge in [-0.05, 0) is 49.6 Å². The molecule has 0 radical (unpaired) electrons. The van der Waals surface area contributed by atoms with Crippen LogP contribution in [-0.4, -0.2) is 75.3 Å². The van der Waals surface area contributed by atoms with Gasteiger partial charge in [0.05, 0.1) is 35.5 Å². The van der Waals surface area contributed by atoms with Gasteiger partial charge in [-0.3, -0.25) is 9.59 Å². The van der Waals surface area contributed by atoms with Crippen molar-refractivity contribution in [3.05, 3.63) is 77.9 Å². The second-order valence-corrected chi connectivity index (χ2v) is 12.5. The summed E-state index contributed by atoms with van der Waals surface area (Å²) >= 11 is 0. The summed E-state index contributed by atoms with van der Waals surface area (Å²) in [5.41, 5.74) is -0.958. The van der Waals surface area contributed by atoms with Crippen LogP contribution >= 0.6 is 0 Å². The lowest BCUT2D eigenvalue weighted by molar-refractivity contribution is -0.115. The summed E-state index contributed by atoms with van der Waals surface area (Å²) in [5.74, 6) is -1.18. The van der Waals surface area contributed by atoms with Crippen LogP contribution in [0, 0.1) is 11.2 Å². The minimum atomic E-state index is -4.11. The SMILES string of the molecule is CO[C@@H]1CC12C1CCCC(N1S(=O)(=O)c1cccc(F)c1)C21C(=O)N1Cc1cnnn1C(=O)c1ccccc1. The molecule has 4 fully saturated rings. The van der Waals surface area contributed by atoms with Crippen molar-refractivity contribution in [3.63, 3.8) is 0 Å². The number of hydrogen-bond acceptors (Lipinski definition) is 7. The van der Waals surface area contributed by atoms with Crippen LogP contribution in [0.4, 0.5) is 4.39 Å². The van der Waals surface area contributed by atoms with Crippen molar-refractivity contribution in [2.45, 2.75) is 60.9 Å². The van der Waals surface area contributed by atoms with E-state index in [1.807, 2.05) is 0 Å². The summed E-state index contributed by atoms with van der Waals surface area (Å²) < 4.78 is 50.5. The predicted molar refractivity (Wildman–Crippen MR) is 134 cm³/mol. The Hall–Kier alpha value is -3.48. The van der Waals surface area contributed by atoms with Gasteiger partial charge in [0.15, 0.2) is 0 Å². The first-order chi connectivity index (χ1) is 18.8. The maximum atomic E-state index is 14.1. The highest BCUT2D eigenvalue weighted by Crippen LogP contribution is 2.75. The van der Waals surface area contributed by atoms with Crippen molar-refractivity contribution in [2.75, 3.05) is 7.11 Å². The number of amides is 1. The van der Waals surface area contributed by atoms with Crippen LogP contribution in [0.2, 0.25) is 0 Å². The van der Waals surface area contributed by atoms with Crippen LogP contribution in [0.5, 0.6) is 0 Å². The highest BCUT2D eigenvalue weighted by Gasteiger charge is 2.92. The zero-order valence-corrected chi connectivity index (χ0v) is 21.9. The molecule has 1 amide bonds. The zero-order chi connectivity index (χ0) is 27.2. The Morgan fingerprint density at radius 1 is 1.13 bits per heavy atom. The number of sulfonamides is 1. The molecule has 10 nitrogen and oxygen atoms in total. The van der Waals surface area contributed by atoms with Crippen LogP contribution < -0.4 is 0 Å². The van der Waals surface area contributed by atoms with Gasteiger partial charge in [0.2, 0.25) is 10.0 Å². The summed E-state index contributed by atoms with van der Waals surface area (Å²) in [7, 11) is -2.53. The smallest absolute Gasteiger partial charge is 0.279 e. The topological polar surface area (TPSA) is 114 Å². The van der Waals surface area contributed by atoms with Crippen molar-refractivity contribution >= 4 is 21.8 Å². The van der Waals surface area contributed by atoms with E-state index < -0.39 is 38.9 Å². The summed E-state index contributed by atoms with van der Waals surface area (Å²) in [6.45, 7) is 0.0552. The molecule has 1 aromatic heterocycles. The maximum Gasteiger partial charge on any atom is 0.279 e. The Kier molecular flexibility index (Phi) is 5.20. The van der Waals surface area contributed by atoms with E-state index in [2.05, 4.69) is 10.3 Å². The third-order valence-electron chi connectivity index (χ3n) is 9.05. The van der Waals surface area contributed by atoms with E-state index in [-0.39, 0.29) is 29.4 Å². The molecule has 0 N–H and O–H groups in total. The zero-order valence-electron chi connectivity index (χ0n) is 21.1. The number of rotatable bonds is 6. The fourth-order valence-corrected chi connectivity index (χ4v) is 9.43. The molecule has 3 aromatic rings. The van der Waals surface area contributed by atoms with E-state index >= 15 is 0 Å². The number of aromatic nitrogens is 3. The molecule has 1 aliphatic carbocycles. The fourth-order valence-electron chi connectivity index (χ4n) is 7.45. The minimum Gasteiger partial charge on any atom is -0.381 e. The largest absolute Gasteiger partial charge is 0.381 e. The molecule has 7 rings (SSSR count). The lowest BCUT2D eigenvalue weighted by Crippen LogP contribution is -2.47. The number of benzene rings is 2. The molecule has 4 unspecified atom stereocenters. The Balaban J connectivity index is 1.28. The van der Waals surface area contributed by atoms with Crippen molar-refractivity contribution in [3.8, 4) is 0 Å². The molecular formula is C27H26FN5O5S. The summed E-state index contributed by atoms with van der Waals surface area (Å²) in [5, 5.41) is 7.91. The summed E-state index contributed by atoms with van der Waals surface area (Å²) in [4.78, 5) is 28.6. The first kappa shape index (κ1) is 24.6. The van der Waals surface area contributed by atoms with Crippen LogP contribution in [0.25, 0.3) is 0 Å². The van der Waals surface area contributed by atoms with Gasteiger partial charge in [0.1, 0.15) is 11.4 Å². The van der Waals surface area contributed by atoms with Gasteiger partial charge in [0.25, 0.3) is 11.8 Å². The summed E-state index contributed by atoms with van der Waals surface area (Å²) in [6, 6.07) is 12.6. The molecule has 2 spiro atoms. The quantitative estimate of drug-likeness (QED) is 0.432. The van der Waals surface area contributed by atoms with Gasteiger partial charge < -0.3 is 9.64 Å². The normalized spacial score (nSPS) is 31.3. The first-order valence-corrected chi connectivity index (χ1v) is 14.4. The molecule has 5 atom stereocenters. The lowest BCUT2D eigenvalue weighted by atomic mass is 9.83. The van der Waals surface area contributed by atoms with E-state index in [9.17, 15) is 22.4 Å². The first-order valence-electron chi connectivity index (χ1n) is 12.9. The van der Waals surface area contributed by atoms with Gasteiger partial charge in [-0.2, -0.15) is 8.99 Å². The standard InChI is InChI=1S/C27H26FN5O5S/c1-38-23-14-26(23)21-11-6-12-22(33(21)39(36,37)20-10-5-9-18(28)13-20)27(26)25(35)31(27)16-19-15-29-30-32(19)24(34)17-7-3-2-4-8-17/h2-5,7-10,13,15,21-23H,6,11-12,14,16H2,1H3/t21?,22?,23-,26?,27?,31?/m1/s1. The third-order valence-corrected chi connectivity index (χ3v) is 11.0. The van der Waals surface area contributed by atoms with Crippen molar-refractivity contribution in [2.24, 2.45) is 5.41 Å². The Morgan fingerprint density at radius 2 is 1.90 bits per heavy atom. The number of nitrogens with zero attached hydrogens (tertiary/aromatic N) is 5. The molecule has 2 bridgehead atoms. The highest BCUT2D eigenvalue weighted by molar-refractivity contribution is 7.89. The second-order valence-electron chi connectivity index (χ2n) is 10.7. The molecule has 4 aliphatic rings. The molecule has 1 saturated carbocycles. The van der Waals surface area contributed by atoms with Crippen LogP contribution in [0.1, 0.15) is 41.7 Å². The molecule has 2 aromatic carbocycles. The number of piperidine rings is 1. The number of methoxy groups -OCH3 is 1. The number of carbonyl (C=O) groups excluding carboxylic acids is 2. The van der Waals surface area contributed by atoms with Gasteiger partial charge in [-0.25, -0.2) is 12.8 Å². The fraction of sp³-hybridized carbons (Fsp3) is 0.407. The second kappa shape index (κ2) is 8.26. The minimum absolute atomic E-state index is 0.0552. The van der Waals surface area contributed by atoms with E-state index in [4.69, 9.17) is 4.74 Å². The molecule has 3 saturated heterocycles. The average molecular weight is 552 g/mol. The lowest BCUT2D eigenvalue weighted by Gasteiger charge is -2.34. The molecule has 39 heavy (non-hydrogen) atoms. The van der Waals surface area contributed by atoms with Gasteiger partial charge in [0, 0.05) is 24.1 Å². The van der Waals surface area contributed by atoms with Crippen LogP contribution in [0.3, 0.4) is 0 Å². The van der Waals surface area contributed by atoms with E-state index in [0.29, 0.717) is 30.5 Å². The molecule has 12 heteroatoms. The van der Waals surface area contributed by atoms with E-state index in [1.165, 1.54) is 33.4 Å². The maximum absolute atomic E-state index is 14.1. The number of carbonyl (C=O) groups is 2. The molecule has 202 valence electrons. The number of ether oxygens (including phenoxy) is 1. The average Bonchev–Trinajstić information content (AvgIpc) is 3.73. The number of halogens is 1. The Morgan fingerprint density at radius 3 is 2.62 bits per heavy atom. The van der Waals surface area contributed by atoms with Crippen molar-refractivity contribution in [1.29, 1.82) is 0 Å². The van der Waals surface area contributed by atoms with Crippen LogP contribution in [-0.2, 0) is 26.1 Å². The van der Waals surface area contributed by atoms with Gasteiger partial charge in [-0.1, -0.05) is 35.9 Å². The Bertz CT molecular complexity index is 1610. The van der Waals surface area contributed by atoms with Crippen LogP contribution in [0.15, 0.2) is 65.7 Å². The Labute approximate surface area is 224 Å². The number of hydrogen-bond donors (Lipinski definition) is 0. The number of fused-ring (bicyclic) bond motifs is 5. The molecule has 4 heterocycles. The third kappa shape index (κ3) is 3.10. The van der Waals surface area contributed by atoms with E-state index in [0.717, 1.165) is 12.5 Å². The van der Waals surface area contributed by atoms with Crippen molar-refractivity contribution in [1.82, 2.24) is 24.2 Å². The monoisotopic (exact) mass is 551 g/mol. The highest BCUT2D eigenvalue weighted by atomic mass is 32.2. The van der Waals surface area contributed by atoms with Crippen molar-refractivity contribution < 1.29 is 27.1 Å². The predicted octanol–water partition coefficient (Wildman–Crippen LogP) is 2.22. The summed E-state index contributed by atoms with van der Waals surface area (Å²) in [6.07, 6.45) is 3.54. The van der Waals surface area contributed by atoms with Gasteiger partial charge in [-0.15, -0.1) is 5.10 Å².